The molecule has 0 aliphatic carbocycles. The summed E-state index contributed by atoms with van der Waals surface area (Å²) in [5.41, 5.74) is 7.80. The number of rotatable bonds is 4. The van der Waals surface area contributed by atoms with Gasteiger partial charge in [-0.1, -0.05) is 0 Å². The highest BCUT2D eigenvalue weighted by Crippen LogP contribution is 2.19. The summed E-state index contributed by atoms with van der Waals surface area (Å²) in [6, 6.07) is 0.118. The van der Waals surface area contributed by atoms with Crippen LogP contribution in [0.2, 0.25) is 0 Å². The van der Waals surface area contributed by atoms with Crippen molar-refractivity contribution in [1.82, 2.24) is 19.9 Å². The monoisotopic (exact) mass is 261 g/mol. The van der Waals surface area contributed by atoms with Crippen molar-refractivity contribution in [1.29, 1.82) is 0 Å². The van der Waals surface area contributed by atoms with Crippen LogP contribution in [0, 0.1) is 6.92 Å². The molecule has 0 amide bonds. The van der Waals surface area contributed by atoms with Gasteiger partial charge in [0.25, 0.3) is 0 Å². The number of hydrogen-bond acceptors (Lipinski definition) is 6. The highest BCUT2D eigenvalue weighted by Gasteiger charge is 2.04. The molecular weight excluding hydrogens is 246 g/mol. The molecule has 0 aliphatic heterocycles. The highest BCUT2D eigenvalue weighted by atomic mass is 32.2. The van der Waals surface area contributed by atoms with Crippen LogP contribution in [0.3, 0.4) is 0 Å². The van der Waals surface area contributed by atoms with Crippen LogP contribution in [0.15, 0.2) is 35.1 Å². The minimum Gasteiger partial charge on any atom is -0.328 e. The number of hydrogen-bond donors (Lipinski definition) is 1. The summed E-state index contributed by atoms with van der Waals surface area (Å²) in [5.74, 6) is 0. The molecule has 18 heavy (non-hydrogen) atoms. The number of nitrogens with two attached hydrogens (primary N) is 1. The number of nitrogens with zero attached hydrogens (tertiary/aromatic N) is 4. The molecule has 2 N–H and O–H groups in total. The van der Waals surface area contributed by atoms with Crippen LogP contribution in [0.1, 0.15) is 18.1 Å². The zero-order valence-electron chi connectivity index (χ0n) is 10.4. The van der Waals surface area contributed by atoms with Crippen molar-refractivity contribution in [2.75, 3.05) is 0 Å². The first-order valence-electron chi connectivity index (χ1n) is 5.66. The Morgan fingerprint density at radius 2 is 1.56 bits per heavy atom. The molecular formula is C12H15N5S. The van der Waals surface area contributed by atoms with Crippen molar-refractivity contribution >= 4 is 11.8 Å². The van der Waals surface area contributed by atoms with Gasteiger partial charge in [0.05, 0.1) is 0 Å². The topological polar surface area (TPSA) is 77.6 Å². The fraction of sp³-hybridized carbons (Fsp3) is 0.333. The van der Waals surface area contributed by atoms with E-state index >= 15 is 0 Å². The second-order valence-electron chi connectivity index (χ2n) is 4.20. The third-order valence-electron chi connectivity index (χ3n) is 2.18. The minimum absolute atomic E-state index is 0.118. The molecule has 0 fully saturated rings. The Balaban J connectivity index is 2.04. The molecule has 0 spiro atoms. The Bertz CT molecular complexity index is 495. The first-order chi connectivity index (χ1) is 8.63. The molecule has 5 nitrogen and oxygen atoms in total. The Hall–Kier alpha value is -1.53. The van der Waals surface area contributed by atoms with E-state index in [2.05, 4.69) is 19.9 Å². The largest absolute Gasteiger partial charge is 0.328 e. The molecule has 0 bridgehead atoms. The van der Waals surface area contributed by atoms with E-state index in [1.807, 2.05) is 13.8 Å². The van der Waals surface area contributed by atoms with Gasteiger partial charge in [-0.3, -0.25) is 0 Å². The van der Waals surface area contributed by atoms with E-state index in [4.69, 9.17) is 5.73 Å². The maximum Gasteiger partial charge on any atom is 0.195 e. The predicted octanol–water partition coefficient (Wildman–Crippen LogP) is 1.62. The van der Waals surface area contributed by atoms with E-state index < -0.39 is 0 Å². The van der Waals surface area contributed by atoms with Crippen molar-refractivity contribution in [3.8, 4) is 0 Å². The second kappa shape index (κ2) is 5.88. The number of aryl methyl sites for hydroxylation is 1. The predicted molar refractivity (Wildman–Crippen MR) is 70.3 cm³/mol. The standard InChI is InChI=1S/C12H15N5S/c1-8-4-14-11(15-5-8)18-12-16-6-10(7-17-12)3-9(2)13/h4-7,9H,3,13H2,1-2H3. The molecule has 6 heteroatoms. The maximum atomic E-state index is 5.72. The fourth-order valence-electron chi connectivity index (χ4n) is 1.39. The number of aromatic nitrogens is 4. The Labute approximate surface area is 110 Å². The molecule has 2 heterocycles. The van der Waals surface area contributed by atoms with Gasteiger partial charge in [0.15, 0.2) is 10.3 Å². The van der Waals surface area contributed by atoms with Crippen molar-refractivity contribution in [3.63, 3.8) is 0 Å². The molecule has 2 aromatic heterocycles. The van der Waals surface area contributed by atoms with E-state index in [-0.39, 0.29) is 6.04 Å². The Kier molecular flexibility index (Phi) is 4.22. The van der Waals surface area contributed by atoms with Gasteiger partial charge in [-0.25, -0.2) is 19.9 Å². The van der Waals surface area contributed by atoms with E-state index in [0.717, 1.165) is 17.5 Å². The summed E-state index contributed by atoms with van der Waals surface area (Å²) in [4.78, 5) is 16.9. The lowest BCUT2D eigenvalue weighted by Crippen LogP contribution is -2.17. The summed E-state index contributed by atoms with van der Waals surface area (Å²) in [7, 11) is 0. The van der Waals surface area contributed by atoms with Crippen LogP contribution in [-0.4, -0.2) is 26.0 Å². The molecule has 1 unspecified atom stereocenters. The average Bonchev–Trinajstić information content (AvgIpc) is 2.34. The normalized spacial score (nSPS) is 12.4. The summed E-state index contributed by atoms with van der Waals surface area (Å²) in [5, 5.41) is 1.30. The first kappa shape index (κ1) is 12.9. The van der Waals surface area contributed by atoms with Gasteiger partial charge < -0.3 is 5.73 Å². The van der Waals surface area contributed by atoms with Crippen LogP contribution in [0.25, 0.3) is 0 Å². The third-order valence-corrected chi connectivity index (χ3v) is 2.97. The Morgan fingerprint density at radius 3 is 2.06 bits per heavy atom. The summed E-state index contributed by atoms with van der Waals surface area (Å²) in [6.45, 7) is 3.91. The average molecular weight is 261 g/mol. The smallest absolute Gasteiger partial charge is 0.195 e. The molecule has 0 saturated heterocycles. The summed E-state index contributed by atoms with van der Waals surface area (Å²) < 4.78 is 0. The van der Waals surface area contributed by atoms with E-state index in [1.54, 1.807) is 24.8 Å². The van der Waals surface area contributed by atoms with Gasteiger partial charge in [0.2, 0.25) is 0 Å². The second-order valence-corrected chi connectivity index (χ2v) is 5.13. The lowest BCUT2D eigenvalue weighted by molar-refractivity contribution is 0.727. The van der Waals surface area contributed by atoms with Crippen LogP contribution >= 0.6 is 11.8 Å². The zero-order valence-corrected chi connectivity index (χ0v) is 11.2. The van der Waals surface area contributed by atoms with Crippen molar-refractivity contribution in [3.05, 3.63) is 35.9 Å². The third kappa shape index (κ3) is 3.75. The zero-order chi connectivity index (χ0) is 13.0. The quantitative estimate of drug-likeness (QED) is 0.843. The maximum absolute atomic E-state index is 5.72. The van der Waals surface area contributed by atoms with Gasteiger partial charge in [-0.05, 0) is 43.2 Å². The van der Waals surface area contributed by atoms with Gasteiger partial charge in [0.1, 0.15) is 0 Å². The van der Waals surface area contributed by atoms with Gasteiger partial charge in [-0.15, -0.1) is 0 Å². The highest BCUT2D eigenvalue weighted by molar-refractivity contribution is 7.99. The molecule has 2 aromatic rings. The van der Waals surface area contributed by atoms with Crippen LogP contribution < -0.4 is 5.73 Å². The van der Waals surface area contributed by atoms with Crippen LogP contribution in [0.5, 0.6) is 0 Å². The van der Waals surface area contributed by atoms with Crippen molar-refractivity contribution in [2.24, 2.45) is 5.73 Å². The fourth-order valence-corrected chi connectivity index (χ4v) is 1.97. The van der Waals surface area contributed by atoms with E-state index in [9.17, 15) is 0 Å². The van der Waals surface area contributed by atoms with E-state index in [1.165, 1.54) is 11.8 Å². The van der Waals surface area contributed by atoms with Gasteiger partial charge in [0, 0.05) is 30.8 Å². The molecule has 0 saturated carbocycles. The van der Waals surface area contributed by atoms with Crippen molar-refractivity contribution < 1.29 is 0 Å². The molecule has 2 rings (SSSR count). The first-order valence-corrected chi connectivity index (χ1v) is 6.48. The van der Waals surface area contributed by atoms with Gasteiger partial charge in [-0.2, -0.15) is 0 Å². The minimum atomic E-state index is 0.118. The lowest BCUT2D eigenvalue weighted by Gasteiger charge is -2.04. The molecule has 94 valence electrons. The summed E-state index contributed by atoms with van der Waals surface area (Å²) in [6.07, 6.45) is 7.94. The molecule has 1 atom stereocenters. The van der Waals surface area contributed by atoms with Crippen LogP contribution in [-0.2, 0) is 6.42 Å². The lowest BCUT2D eigenvalue weighted by atomic mass is 10.1. The molecule has 0 aromatic carbocycles. The van der Waals surface area contributed by atoms with Gasteiger partial charge >= 0.3 is 0 Å². The van der Waals surface area contributed by atoms with Crippen molar-refractivity contribution in [2.45, 2.75) is 36.6 Å². The SMILES string of the molecule is Cc1cnc(Sc2ncc(CC(C)N)cn2)nc1. The molecule has 0 radical (unpaired) electrons. The summed E-state index contributed by atoms with van der Waals surface area (Å²) >= 11 is 1.35. The van der Waals surface area contributed by atoms with Crippen LogP contribution in [0.4, 0.5) is 0 Å². The van der Waals surface area contributed by atoms with E-state index in [0.29, 0.717) is 10.3 Å². The molecule has 0 aliphatic rings. The Morgan fingerprint density at radius 1 is 1.06 bits per heavy atom.